The summed E-state index contributed by atoms with van der Waals surface area (Å²) in [5.41, 5.74) is 0.290. The molecule has 3 rings (SSSR count). The fraction of sp³-hybridized carbons (Fsp3) is 0.467. The predicted molar refractivity (Wildman–Crippen MR) is 73.6 cm³/mol. The first-order valence-electron chi connectivity index (χ1n) is 7.23. The van der Waals surface area contributed by atoms with Crippen molar-refractivity contribution in [1.29, 1.82) is 0 Å². The zero-order valence-electron chi connectivity index (χ0n) is 11.6. The summed E-state index contributed by atoms with van der Waals surface area (Å²) < 4.78 is 31.5. The molecule has 112 valence electrons. The van der Waals surface area contributed by atoms with Crippen LogP contribution < -0.4 is 5.32 Å². The number of nitrogens with zero attached hydrogens (tertiary/aromatic N) is 2. The van der Waals surface area contributed by atoms with E-state index in [1.807, 2.05) is 0 Å². The molecule has 1 N–H and O–H groups in total. The highest BCUT2D eigenvalue weighted by molar-refractivity contribution is 5.54. The smallest absolute Gasteiger partial charge is 0.227 e. The number of hydrogen-bond acceptors (Lipinski definition) is 4. The number of rotatable bonds is 4. The molecule has 2 heterocycles. The highest BCUT2D eigenvalue weighted by Crippen LogP contribution is 2.20. The lowest BCUT2D eigenvalue weighted by Crippen LogP contribution is -2.34. The van der Waals surface area contributed by atoms with E-state index in [-0.39, 0.29) is 5.82 Å². The summed E-state index contributed by atoms with van der Waals surface area (Å²) in [4.78, 5) is 4.21. The van der Waals surface area contributed by atoms with Gasteiger partial charge in [0.25, 0.3) is 0 Å². The minimum atomic E-state index is -0.650. The molecular weight excluding hydrogens is 276 g/mol. The van der Waals surface area contributed by atoms with Crippen LogP contribution in [0.2, 0.25) is 0 Å². The van der Waals surface area contributed by atoms with E-state index >= 15 is 0 Å². The summed E-state index contributed by atoms with van der Waals surface area (Å²) in [6.45, 7) is 1.06. The highest BCUT2D eigenvalue weighted by Gasteiger charge is 2.15. The average Bonchev–Trinajstić information content (AvgIpc) is 2.94. The van der Waals surface area contributed by atoms with E-state index in [2.05, 4.69) is 15.5 Å². The molecule has 0 spiro atoms. The Labute approximate surface area is 121 Å². The van der Waals surface area contributed by atoms with Gasteiger partial charge in [0, 0.05) is 24.1 Å². The number of aromatic nitrogens is 2. The number of halogens is 2. The van der Waals surface area contributed by atoms with Crippen LogP contribution in [0.5, 0.6) is 0 Å². The molecule has 1 aromatic carbocycles. The predicted octanol–water partition coefficient (Wildman–Crippen LogP) is 3.09. The van der Waals surface area contributed by atoms with Gasteiger partial charge >= 0.3 is 0 Å². The van der Waals surface area contributed by atoms with Crippen molar-refractivity contribution >= 4 is 0 Å². The quantitative estimate of drug-likeness (QED) is 0.941. The third-order valence-electron chi connectivity index (χ3n) is 3.71. The van der Waals surface area contributed by atoms with Crippen LogP contribution in [0.1, 0.15) is 31.6 Å². The van der Waals surface area contributed by atoms with Crippen LogP contribution in [0.4, 0.5) is 8.78 Å². The normalized spacial score (nSPS) is 18.9. The molecule has 1 saturated heterocycles. The zero-order chi connectivity index (χ0) is 14.7. The molecule has 1 fully saturated rings. The van der Waals surface area contributed by atoms with Crippen LogP contribution in [0.3, 0.4) is 0 Å². The first-order valence-corrected chi connectivity index (χ1v) is 7.23. The van der Waals surface area contributed by atoms with Crippen LogP contribution in [0.25, 0.3) is 11.4 Å². The molecule has 0 aliphatic carbocycles. The van der Waals surface area contributed by atoms with Gasteiger partial charge in [-0.2, -0.15) is 4.98 Å². The fourth-order valence-electron chi connectivity index (χ4n) is 2.62. The van der Waals surface area contributed by atoms with Gasteiger partial charge in [-0.1, -0.05) is 11.6 Å². The minimum Gasteiger partial charge on any atom is -0.339 e. The first-order chi connectivity index (χ1) is 10.2. The molecule has 6 heteroatoms. The summed E-state index contributed by atoms with van der Waals surface area (Å²) in [5.74, 6) is -0.576. The van der Waals surface area contributed by atoms with E-state index in [4.69, 9.17) is 4.52 Å². The molecule has 0 amide bonds. The molecule has 1 atom stereocenters. The summed E-state index contributed by atoms with van der Waals surface area (Å²) in [5, 5.41) is 7.25. The molecule has 2 aromatic rings. The summed E-state index contributed by atoms with van der Waals surface area (Å²) in [6, 6.07) is 3.70. The van der Waals surface area contributed by atoms with E-state index in [0.717, 1.165) is 25.5 Å². The van der Waals surface area contributed by atoms with E-state index < -0.39 is 11.6 Å². The Morgan fingerprint density at radius 3 is 2.71 bits per heavy atom. The maximum absolute atomic E-state index is 13.2. The van der Waals surface area contributed by atoms with Crippen LogP contribution in [0.15, 0.2) is 22.7 Å². The Morgan fingerprint density at radius 1 is 1.19 bits per heavy atom. The van der Waals surface area contributed by atoms with Crippen molar-refractivity contribution in [3.05, 3.63) is 35.7 Å². The van der Waals surface area contributed by atoms with Crippen molar-refractivity contribution in [3.8, 4) is 11.4 Å². The highest BCUT2D eigenvalue weighted by atomic mass is 19.1. The summed E-state index contributed by atoms with van der Waals surface area (Å²) in [6.07, 6.45) is 5.24. The Kier molecular flexibility index (Phi) is 4.24. The lowest BCUT2D eigenvalue weighted by molar-refractivity contribution is 0.342. The number of piperidine rings is 1. The van der Waals surface area contributed by atoms with E-state index in [9.17, 15) is 8.78 Å². The van der Waals surface area contributed by atoms with Crippen molar-refractivity contribution < 1.29 is 13.3 Å². The van der Waals surface area contributed by atoms with Gasteiger partial charge in [0.1, 0.15) is 11.6 Å². The topological polar surface area (TPSA) is 51.0 Å². The second-order valence-corrected chi connectivity index (χ2v) is 5.36. The molecule has 1 aliphatic heterocycles. The van der Waals surface area contributed by atoms with Crippen molar-refractivity contribution in [2.24, 2.45) is 0 Å². The van der Waals surface area contributed by atoms with E-state index in [1.165, 1.54) is 25.0 Å². The Balaban J connectivity index is 1.65. The second-order valence-electron chi connectivity index (χ2n) is 5.36. The molecule has 21 heavy (non-hydrogen) atoms. The molecule has 1 unspecified atom stereocenters. The van der Waals surface area contributed by atoms with E-state index in [1.54, 1.807) is 0 Å². The number of aryl methyl sites for hydroxylation is 1. The maximum atomic E-state index is 13.2. The van der Waals surface area contributed by atoms with Crippen molar-refractivity contribution in [3.63, 3.8) is 0 Å². The standard InChI is InChI=1S/C15H17F2N3O/c16-11-7-10(8-12(17)9-11)15-19-14(21-20-15)5-4-13-3-1-2-6-18-13/h7-9,13,18H,1-6H2. The SMILES string of the molecule is Fc1cc(F)cc(-c2noc(CCC3CCCCN3)n2)c1. The van der Waals surface area contributed by atoms with E-state index in [0.29, 0.717) is 23.9 Å². The molecular formula is C15H17F2N3O. The Hall–Kier alpha value is -1.82. The van der Waals surface area contributed by atoms with Crippen LogP contribution in [-0.2, 0) is 6.42 Å². The van der Waals surface area contributed by atoms with Crippen LogP contribution >= 0.6 is 0 Å². The molecule has 0 radical (unpaired) electrons. The largest absolute Gasteiger partial charge is 0.339 e. The Morgan fingerprint density at radius 2 is 2.00 bits per heavy atom. The monoisotopic (exact) mass is 293 g/mol. The molecule has 1 aliphatic rings. The molecule has 4 nitrogen and oxygen atoms in total. The van der Waals surface area contributed by atoms with Gasteiger partial charge in [-0.15, -0.1) is 0 Å². The number of hydrogen-bond donors (Lipinski definition) is 1. The zero-order valence-corrected chi connectivity index (χ0v) is 11.6. The van der Waals surface area contributed by atoms with Crippen molar-refractivity contribution in [1.82, 2.24) is 15.5 Å². The van der Waals surface area contributed by atoms with Crippen LogP contribution in [-0.4, -0.2) is 22.7 Å². The van der Waals surface area contributed by atoms with Gasteiger partial charge in [-0.3, -0.25) is 0 Å². The van der Waals surface area contributed by atoms with Gasteiger partial charge in [0.15, 0.2) is 0 Å². The van der Waals surface area contributed by atoms with Gasteiger partial charge in [0.2, 0.25) is 11.7 Å². The minimum absolute atomic E-state index is 0.222. The third-order valence-corrected chi connectivity index (χ3v) is 3.71. The molecule has 1 aromatic heterocycles. The Bertz CT molecular complexity index is 588. The summed E-state index contributed by atoms with van der Waals surface area (Å²) in [7, 11) is 0. The fourth-order valence-corrected chi connectivity index (χ4v) is 2.62. The average molecular weight is 293 g/mol. The number of nitrogens with one attached hydrogen (secondary N) is 1. The lowest BCUT2D eigenvalue weighted by Gasteiger charge is -2.22. The number of benzene rings is 1. The second kappa shape index (κ2) is 6.30. The maximum Gasteiger partial charge on any atom is 0.227 e. The van der Waals surface area contributed by atoms with Gasteiger partial charge in [0.05, 0.1) is 0 Å². The van der Waals surface area contributed by atoms with Crippen molar-refractivity contribution in [2.75, 3.05) is 6.54 Å². The lowest BCUT2D eigenvalue weighted by atomic mass is 10.0. The van der Waals surface area contributed by atoms with Gasteiger partial charge in [-0.05, 0) is 37.9 Å². The third kappa shape index (κ3) is 3.64. The van der Waals surface area contributed by atoms with Gasteiger partial charge in [-0.25, -0.2) is 8.78 Å². The van der Waals surface area contributed by atoms with Crippen molar-refractivity contribution in [2.45, 2.75) is 38.1 Å². The van der Waals surface area contributed by atoms with Gasteiger partial charge < -0.3 is 9.84 Å². The molecule has 0 bridgehead atoms. The van der Waals surface area contributed by atoms with Crippen LogP contribution in [0, 0.1) is 11.6 Å². The molecule has 0 saturated carbocycles. The summed E-state index contributed by atoms with van der Waals surface area (Å²) >= 11 is 0. The first kappa shape index (κ1) is 14.1.